The van der Waals surface area contributed by atoms with E-state index < -0.39 is 47.6 Å². The zero-order valence-electron chi connectivity index (χ0n) is 27.4. The fourth-order valence-corrected chi connectivity index (χ4v) is 10.1. The molecule has 1 amide bonds. The molecule has 49 heavy (non-hydrogen) atoms. The Bertz CT molecular complexity index is 1910. The first-order valence-corrected chi connectivity index (χ1v) is 18.4. The number of nitriles is 2. The van der Waals surface area contributed by atoms with Crippen LogP contribution in [0.3, 0.4) is 0 Å². The van der Waals surface area contributed by atoms with Crippen molar-refractivity contribution < 1.29 is 27.8 Å². The van der Waals surface area contributed by atoms with Crippen LogP contribution in [0.25, 0.3) is 0 Å². The van der Waals surface area contributed by atoms with Crippen LogP contribution in [0.15, 0.2) is 31.3 Å². The quantitative estimate of drug-likeness (QED) is 0.119. The number of halogens is 3. The summed E-state index contributed by atoms with van der Waals surface area (Å²) in [7, 11) is -1.79. The van der Waals surface area contributed by atoms with Crippen molar-refractivity contribution in [1.82, 2.24) is 30.4 Å². The minimum atomic E-state index is -3.38. The third-order valence-corrected chi connectivity index (χ3v) is 12.0. The predicted octanol–water partition coefficient (Wildman–Crippen LogP) is 5.02. The highest BCUT2D eigenvalue weighted by Gasteiger charge is 2.53. The van der Waals surface area contributed by atoms with Gasteiger partial charge in [0.2, 0.25) is 0 Å². The Morgan fingerprint density at radius 2 is 1.94 bits per heavy atom. The first kappa shape index (κ1) is 34.9. The van der Waals surface area contributed by atoms with E-state index in [0.29, 0.717) is 25.1 Å². The SMILES string of the molecule is CCOC(=O)c1nn2c(c1Cl)CN(c1nc(SC)nc([SH]3C4=C(C(C#N)=C3NC(=O)OC(C)(C)C)C3(CC4)CNC3)c1C#N)CC(F)(F)C2. The molecule has 1 saturated heterocycles. The van der Waals surface area contributed by atoms with Crippen LogP contribution in [0.1, 0.15) is 62.3 Å². The summed E-state index contributed by atoms with van der Waals surface area (Å²) < 4.78 is 42.8. The number of amides is 1. The zero-order valence-corrected chi connectivity index (χ0v) is 29.9. The van der Waals surface area contributed by atoms with Gasteiger partial charge < -0.3 is 19.7 Å². The Morgan fingerprint density at radius 1 is 1.20 bits per heavy atom. The van der Waals surface area contributed by atoms with E-state index in [1.807, 2.05) is 0 Å². The summed E-state index contributed by atoms with van der Waals surface area (Å²) in [5.41, 5.74) is -0.222. The molecule has 5 heterocycles. The van der Waals surface area contributed by atoms with Crippen molar-refractivity contribution in [1.29, 1.82) is 10.5 Å². The van der Waals surface area contributed by atoms with Crippen LogP contribution >= 0.6 is 34.3 Å². The number of nitrogens with one attached hydrogen (secondary N) is 2. The van der Waals surface area contributed by atoms with Crippen molar-refractivity contribution in [2.45, 2.75) is 75.3 Å². The first-order valence-electron chi connectivity index (χ1n) is 15.5. The molecule has 0 bridgehead atoms. The van der Waals surface area contributed by atoms with Gasteiger partial charge in [-0.15, -0.1) is 10.9 Å². The molecule has 2 aromatic heterocycles. The summed E-state index contributed by atoms with van der Waals surface area (Å²) in [6, 6.07) is 4.49. The van der Waals surface area contributed by atoms with Crippen LogP contribution in [0.4, 0.5) is 19.4 Å². The standard InChI is InChI=1S/C31H34ClF2N9O4S2/c1-6-46-26(44)22-21(32)18-11-42(14-31(33,34)15-43(18)41-22)23-17(10-36)25(39-27(38-23)48-5)49-19-7-8-30(12-37-13-30)20(19)16(9-35)24(49)40-28(45)47-29(2,3)4/h37,49H,6-8,11-15H2,1-5H3,(H,40,45). The topological polar surface area (TPSA) is 171 Å². The number of allylic oxidation sites excluding steroid dienone is 2. The molecule has 260 valence electrons. The van der Waals surface area contributed by atoms with E-state index in [4.69, 9.17) is 26.1 Å². The Morgan fingerprint density at radius 3 is 2.53 bits per heavy atom. The second kappa shape index (κ2) is 12.8. The van der Waals surface area contributed by atoms with Crippen molar-refractivity contribution in [3.63, 3.8) is 0 Å². The molecule has 0 radical (unpaired) electrons. The second-order valence-corrected chi connectivity index (χ2v) is 16.3. The smallest absolute Gasteiger partial charge is 0.412 e. The Balaban J connectivity index is 1.51. The highest BCUT2D eigenvalue weighted by molar-refractivity contribution is 8.24. The Labute approximate surface area is 293 Å². The van der Waals surface area contributed by atoms with E-state index in [1.165, 1.54) is 4.90 Å². The van der Waals surface area contributed by atoms with Gasteiger partial charge in [-0.05, 0) is 57.3 Å². The van der Waals surface area contributed by atoms with E-state index in [9.17, 15) is 20.1 Å². The lowest BCUT2D eigenvalue weighted by molar-refractivity contribution is -0.00859. The molecule has 2 aromatic rings. The number of thiol groups is 1. The van der Waals surface area contributed by atoms with Gasteiger partial charge in [0.25, 0.3) is 5.92 Å². The summed E-state index contributed by atoms with van der Waals surface area (Å²) in [6.07, 6.45) is 2.32. The molecule has 0 aromatic carbocycles. The predicted molar refractivity (Wildman–Crippen MR) is 179 cm³/mol. The van der Waals surface area contributed by atoms with Crippen molar-refractivity contribution in [3.05, 3.63) is 43.1 Å². The normalized spacial score (nSPS) is 21.3. The molecule has 18 heteroatoms. The monoisotopic (exact) mass is 733 g/mol. The van der Waals surface area contributed by atoms with Gasteiger partial charge in [0.05, 0.1) is 41.0 Å². The van der Waals surface area contributed by atoms with Crippen LogP contribution in [-0.2, 0) is 22.6 Å². The zero-order chi connectivity index (χ0) is 35.5. The highest BCUT2D eigenvalue weighted by atomic mass is 35.5. The molecule has 6 rings (SSSR count). The van der Waals surface area contributed by atoms with Gasteiger partial charge >= 0.3 is 12.1 Å². The summed E-state index contributed by atoms with van der Waals surface area (Å²) in [6.45, 7) is 6.13. The summed E-state index contributed by atoms with van der Waals surface area (Å²) in [5, 5.41) is 32.0. The largest absolute Gasteiger partial charge is 0.461 e. The number of carbonyl (C=O) groups is 2. The molecular weight excluding hydrogens is 700 g/mol. The fourth-order valence-electron chi connectivity index (χ4n) is 6.57. The minimum Gasteiger partial charge on any atom is -0.461 e. The minimum absolute atomic E-state index is 0.0395. The molecule has 1 unspecified atom stereocenters. The number of alkyl halides is 2. The van der Waals surface area contributed by atoms with Gasteiger partial charge in [-0.25, -0.2) is 28.3 Å². The van der Waals surface area contributed by atoms with Gasteiger partial charge in [-0.2, -0.15) is 15.6 Å². The van der Waals surface area contributed by atoms with Crippen molar-refractivity contribution >= 4 is 52.1 Å². The molecule has 1 aliphatic carbocycles. The van der Waals surface area contributed by atoms with Crippen LogP contribution in [0.2, 0.25) is 5.02 Å². The van der Waals surface area contributed by atoms with E-state index in [0.717, 1.165) is 33.3 Å². The van der Waals surface area contributed by atoms with Gasteiger partial charge in [-0.1, -0.05) is 23.4 Å². The summed E-state index contributed by atoms with van der Waals surface area (Å²) in [4.78, 5) is 37.2. The summed E-state index contributed by atoms with van der Waals surface area (Å²) in [5.74, 6) is -4.29. The van der Waals surface area contributed by atoms with Crippen molar-refractivity contribution in [2.75, 3.05) is 37.4 Å². The second-order valence-electron chi connectivity index (χ2n) is 13.0. The molecule has 1 spiro atoms. The Hall–Kier alpha value is -3.90. The molecule has 1 fully saturated rings. The van der Waals surface area contributed by atoms with E-state index >= 15 is 8.78 Å². The van der Waals surface area contributed by atoms with Gasteiger partial charge in [0.1, 0.15) is 34.9 Å². The first-order chi connectivity index (χ1) is 23.2. The number of ether oxygens (including phenoxy) is 2. The third kappa shape index (κ3) is 6.22. The molecular formula is C31H34ClF2N9O4S2. The number of rotatable bonds is 6. The summed E-state index contributed by atoms with van der Waals surface area (Å²) >= 11 is 7.71. The van der Waals surface area contributed by atoms with Crippen molar-refractivity contribution in [2.24, 2.45) is 5.41 Å². The van der Waals surface area contributed by atoms with Crippen LogP contribution in [0.5, 0.6) is 0 Å². The number of nitrogens with zero attached hydrogens (tertiary/aromatic N) is 7. The number of aromatic nitrogens is 4. The van der Waals surface area contributed by atoms with Crippen LogP contribution in [0, 0.1) is 28.1 Å². The number of carbonyl (C=O) groups excluding carboxylic acids is 2. The van der Waals surface area contributed by atoms with Crippen LogP contribution < -0.4 is 15.5 Å². The number of esters is 1. The lowest BCUT2D eigenvalue weighted by atomic mass is 9.73. The van der Waals surface area contributed by atoms with Gasteiger partial charge in [0, 0.05) is 18.5 Å². The number of thioether (sulfide) groups is 1. The molecule has 4 aliphatic rings. The van der Waals surface area contributed by atoms with Crippen LogP contribution in [-0.4, -0.2) is 75.8 Å². The maximum Gasteiger partial charge on any atom is 0.412 e. The average molecular weight is 734 g/mol. The lowest BCUT2D eigenvalue weighted by Gasteiger charge is -2.41. The fraction of sp³-hybridized carbons (Fsp3) is 0.516. The maximum absolute atomic E-state index is 15.6. The number of hydrogen-bond acceptors (Lipinski definition) is 12. The number of hydrogen-bond donors (Lipinski definition) is 3. The third-order valence-electron chi connectivity index (χ3n) is 8.56. The van der Waals surface area contributed by atoms with E-state index in [-0.39, 0.29) is 61.6 Å². The van der Waals surface area contributed by atoms with Crippen molar-refractivity contribution in [3.8, 4) is 12.1 Å². The number of anilines is 1. The molecule has 0 saturated carbocycles. The molecule has 2 N–H and O–H groups in total. The molecule has 13 nitrogen and oxygen atoms in total. The average Bonchev–Trinajstić information content (AvgIpc) is 3.60. The molecule has 1 atom stereocenters. The lowest BCUT2D eigenvalue weighted by Crippen LogP contribution is -2.53. The Kier molecular flexibility index (Phi) is 9.11. The maximum atomic E-state index is 15.6. The highest BCUT2D eigenvalue weighted by Crippen LogP contribution is 2.67. The van der Waals surface area contributed by atoms with Gasteiger partial charge in [0.15, 0.2) is 16.7 Å². The molecule has 3 aliphatic heterocycles. The van der Waals surface area contributed by atoms with E-state index in [1.54, 1.807) is 34.0 Å². The van der Waals surface area contributed by atoms with E-state index in [2.05, 4.69) is 32.9 Å². The van der Waals surface area contributed by atoms with Gasteiger partial charge in [-0.3, -0.25) is 10.00 Å². The number of alkyl carbamates (subject to hydrolysis) is 1. The number of fused-ring (bicyclic) bond motifs is 2.